The molecule has 0 aliphatic rings. The summed E-state index contributed by atoms with van der Waals surface area (Å²) in [6.07, 6.45) is -2.76. The zero-order chi connectivity index (χ0) is 18.4. The van der Waals surface area contributed by atoms with Gasteiger partial charge in [-0.25, -0.2) is 4.79 Å². The molecule has 0 spiro atoms. The highest BCUT2D eigenvalue weighted by Crippen LogP contribution is 2.16. The lowest BCUT2D eigenvalue weighted by Gasteiger charge is -2.22. The SMILES string of the molecule is CC(=O)C(=O)Nc1c(OC[C@H](O)[C@H](O)[C@H](C)CO)[nH]c(=O)[nH]c1=O. The van der Waals surface area contributed by atoms with Gasteiger partial charge in [0.1, 0.15) is 12.7 Å². The van der Waals surface area contributed by atoms with Crippen LogP contribution in [-0.2, 0) is 9.59 Å². The van der Waals surface area contributed by atoms with Gasteiger partial charge in [-0.2, -0.15) is 0 Å². The zero-order valence-electron chi connectivity index (χ0n) is 13.0. The van der Waals surface area contributed by atoms with Crippen molar-refractivity contribution >= 4 is 17.4 Å². The summed E-state index contributed by atoms with van der Waals surface area (Å²) in [5, 5.41) is 30.4. The molecule has 1 heterocycles. The molecule has 0 radical (unpaired) electrons. The van der Waals surface area contributed by atoms with Crippen LogP contribution in [0.3, 0.4) is 0 Å². The van der Waals surface area contributed by atoms with Gasteiger partial charge in [0.15, 0.2) is 5.69 Å². The number of Topliss-reactive ketones (excluding diaryl/α,β-unsaturated/α-hetero) is 1. The van der Waals surface area contributed by atoms with Crippen LogP contribution in [0.15, 0.2) is 9.59 Å². The molecule has 1 aromatic heterocycles. The first kappa shape index (κ1) is 19.5. The standard InChI is InChI=1S/C13H19N3O8/c1-5(3-17)9(20)7(19)4-24-12-8(14-10(21)6(2)18)11(22)15-13(23)16-12/h5,7,9,17,19-20H,3-4H2,1-2H3,(H,14,21)(H2,15,16,22,23)/t5-,7+,9-/m1/s1. The fourth-order valence-electron chi connectivity index (χ4n) is 1.64. The van der Waals surface area contributed by atoms with Gasteiger partial charge >= 0.3 is 5.69 Å². The molecule has 0 aromatic carbocycles. The van der Waals surface area contributed by atoms with Crippen molar-refractivity contribution in [1.82, 2.24) is 9.97 Å². The number of anilines is 1. The van der Waals surface area contributed by atoms with E-state index in [-0.39, 0.29) is 6.61 Å². The fourth-order valence-corrected chi connectivity index (χ4v) is 1.64. The molecule has 11 nitrogen and oxygen atoms in total. The van der Waals surface area contributed by atoms with Crippen LogP contribution in [-0.4, -0.2) is 62.4 Å². The molecule has 134 valence electrons. The van der Waals surface area contributed by atoms with Crippen molar-refractivity contribution in [2.45, 2.75) is 26.1 Å². The quantitative estimate of drug-likeness (QED) is 0.275. The number of carbonyl (C=O) groups excluding carboxylic acids is 2. The van der Waals surface area contributed by atoms with E-state index in [9.17, 15) is 29.4 Å². The number of aliphatic hydroxyl groups excluding tert-OH is 3. The van der Waals surface area contributed by atoms with E-state index in [1.54, 1.807) is 0 Å². The molecule has 0 saturated carbocycles. The Morgan fingerprint density at radius 3 is 2.42 bits per heavy atom. The van der Waals surface area contributed by atoms with Gasteiger partial charge in [0.25, 0.3) is 11.5 Å². The summed E-state index contributed by atoms with van der Waals surface area (Å²) < 4.78 is 5.06. The van der Waals surface area contributed by atoms with Gasteiger partial charge in [-0.1, -0.05) is 6.92 Å². The molecule has 0 aliphatic heterocycles. The van der Waals surface area contributed by atoms with Crippen LogP contribution in [0.25, 0.3) is 0 Å². The maximum atomic E-state index is 11.7. The van der Waals surface area contributed by atoms with Crippen LogP contribution in [0.2, 0.25) is 0 Å². The summed E-state index contributed by atoms with van der Waals surface area (Å²) in [5.74, 6) is -3.11. The van der Waals surface area contributed by atoms with E-state index < -0.39 is 59.2 Å². The minimum atomic E-state index is -1.44. The number of H-pyrrole nitrogens is 2. The predicted molar refractivity (Wildman–Crippen MR) is 80.8 cm³/mol. The summed E-state index contributed by atoms with van der Waals surface area (Å²) in [6, 6.07) is 0. The normalized spacial score (nSPS) is 14.5. The van der Waals surface area contributed by atoms with Crippen LogP contribution < -0.4 is 21.3 Å². The zero-order valence-corrected chi connectivity index (χ0v) is 13.0. The van der Waals surface area contributed by atoms with E-state index in [1.807, 2.05) is 10.3 Å². The van der Waals surface area contributed by atoms with Crippen molar-refractivity contribution in [1.29, 1.82) is 0 Å². The number of carbonyl (C=O) groups is 2. The van der Waals surface area contributed by atoms with E-state index in [0.29, 0.717) is 0 Å². The number of amides is 1. The summed E-state index contributed by atoms with van der Waals surface area (Å²) in [5.41, 5.74) is -2.47. The fraction of sp³-hybridized carbons (Fsp3) is 0.538. The summed E-state index contributed by atoms with van der Waals surface area (Å²) >= 11 is 0. The average molecular weight is 345 g/mol. The molecular weight excluding hydrogens is 326 g/mol. The lowest BCUT2D eigenvalue weighted by atomic mass is 10.0. The first-order valence-electron chi connectivity index (χ1n) is 6.95. The number of hydrogen-bond acceptors (Lipinski definition) is 8. The number of ketones is 1. The third-order valence-electron chi connectivity index (χ3n) is 3.13. The number of aromatic amines is 2. The summed E-state index contributed by atoms with van der Waals surface area (Å²) in [6.45, 7) is 1.54. The van der Waals surface area contributed by atoms with Crippen molar-refractivity contribution in [3.8, 4) is 5.88 Å². The highest BCUT2D eigenvalue weighted by molar-refractivity contribution is 6.39. The Kier molecular flexibility index (Phi) is 6.82. The van der Waals surface area contributed by atoms with Gasteiger partial charge in [-0.3, -0.25) is 24.4 Å². The van der Waals surface area contributed by atoms with E-state index in [0.717, 1.165) is 6.92 Å². The minimum absolute atomic E-state index is 0.375. The van der Waals surface area contributed by atoms with Gasteiger partial charge < -0.3 is 25.4 Å². The van der Waals surface area contributed by atoms with Crippen molar-refractivity contribution in [2.75, 3.05) is 18.5 Å². The van der Waals surface area contributed by atoms with Gasteiger partial charge in [-0.05, 0) is 0 Å². The predicted octanol–water partition coefficient (Wildman–Crippen LogP) is -2.68. The van der Waals surface area contributed by atoms with Gasteiger partial charge in [-0.15, -0.1) is 0 Å². The second-order valence-corrected chi connectivity index (χ2v) is 5.15. The molecule has 0 unspecified atom stereocenters. The van der Waals surface area contributed by atoms with Gasteiger partial charge in [0.05, 0.1) is 6.10 Å². The molecule has 0 bridgehead atoms. The molecule has 6 N–H and O–H groups in total. The Labute approximate surface area is 135 Å². The van der Waals surface area contributed by atoms with Crippen LogP contribution in [0.1, 0.15) is 13.8 Å². The van der Waals surface area contributed by atoms with Crippen molar-refractivity contribution in [3.05, 3.63) is 20.8 Å². The van der Waals surface area contributed by atoms with Crippen molar-refractivity contribution in [2.24, 2.45) is 5.92 Å². The molecule has 11 heteroatoms. The molecule has 3 atom stereocenters. The van der Waals surface area contributed by atoms with E-state index in [4.69, 9.17) is 9.84 Å². The lowest BCUT2D eigenvalue weighted by molar-refractivity contribution is -0.133. The molecule has 0 fully saturated rings. The highest BCUT2D eigenvalue weighted by atomic mass is 16.5. The Hall–Kier alpha value is -2.50. The largest absolute Gasteiger partial charge is 0.474 e. The van der Waals surface area contributed by atoms with Gasteiger partial charge in [0.2, 0.25) is 11.7 Å². The van der Waals surface area contributed by atoms with E-state index in [2.05, 4.69) is 4.98 Å². The van der Waals surface area contributed by atoms with Gasteiger partial charge in [0, 0.05) is 19.4 Å². The molecule has 24 heavy (non-hydrogen) atoms. The molecule has 0 aliphatic carbocycles. The third kappa shape index (κ3) is 5.01. The highest BCUT2D eigenvalue weighted by Gasteiger charge is 2.24. The molecule has 0 saturated heterocycles. The Bertz CT molecular complexity index is 710. The molecule has 1 aromatic rings. The van der Waals surface area contributed by atoms with Crippen LogP contribution >= 0.6 is 0 Å². The average Bonchev–Trinajstić information content (AvgIpc) is 2.53. The Balaban J connectivity index is 2.98. The number of aromatic nitrogens is 2. The Morgan fingerprint density at radius 1 is 1.25 bits per heavy atom. The van der Waals surface area contributed by atoms with Crippen LogP contribution in [0.5, 0.6) is 5.88 Å². The van der Waals surface area contributed by atoms with E-state index in [1.165, 1.54) is 6.92 Å². The monoisotopic (exact) mass is 345 g/mol. The lowest BCUT2D eigenvalue weighted by Crippen LogP contribution is -2.38. The first-order valence-corrected chi connectivity index (χ1v) is 6.95. The van der Waals surface area contributed by atoms with Crippen LogP contribution in [0.4, 0.5) is 5.69 Å². The van der Waals surface area contributed by atoms with Crippen molar-refractivity contribution < 1.29 is 29.6 Å². The number of rotatable bonds is 8. The number of ether oxygens (including phenoxy) is 1. The number of hydrogen-bond donors (Lipinski definition) is 6. The summed E-state index contributed by atoms with van der Waals surface area (Å²) in [4.78, 5) is 49.3. The maximum absolute atomic E-state index is 11.7. The second kappa shape index (κ2) is 8.38. The second-order valence-electron chi connectivity index (χ2n) is 5.15. The van der Waals surface area contributed by atoms with E-state index >= 15 is 0 Å². The third-order valence-corrected chi connectivity index (χ3v) is 3.13. The molecule has 1 rings (SSSR count). The van der Waals surface area contributed by atoms with Crippen LogP contribution in [0, 0.1) is 5.92 Å². The smallest absolute Gasteiger partial charge is 0.328 e. The summed E-state index contributed by atoms with van der Waals surface area (Å²) in [7, 11) is 0. The Morgan fingerprint density at radius 2 is 1.88 bits per heavy atom. The molecule has 1 amide bonds. The number of aliphatic hydroxyl groups is 3. The topological polar surface area (TPSA) is 182 Å². The van der Waals surface area contributed by atoms with Crippen molar-refractivity contribution in [3.63, 3.8) is 0 Å². The minimum Gasteiger partial charge on any atom is -0.474 e. The molecular formula is C13H19N3O8. The number of nitrogens with one attached hydrogen (secondary N) is 3. The maximum Gasteiger partial charge on any atom is 0.328 e. The first-order chi connectivity index (χ1) is 11.2.